The zero-order valence-electron chi connectivity index (χ0n) is 7.96. The molecule has 0 saturated carbocycles. The summed E-state index contributed by atoms with van der Waals surface area (Å²) in [6.45, 7) is 4.10. The molecular formula is C10H15ClO2. The average molecular weight is 203 g/mol. The van der Waals surface area contributed by atoms with Gasteiger partial charge >= 0.3 is 0 Å². The van der Waals surface area contributed by atoms with Gasteiger partial charge < -0.3 is 9.52 Å². The quantitative estimate of drug-likeness (QED) is 0.812. The Balaban J connectivity index is 2.61. The number of hydrogen-bond donors (Lipinski definition) is 1. The third-order valence-electron chi connectivity index (χ3n) is 2.17. The summed E-state index contributed by atoms with van der Waals surface area (Å²) in [5.41, 5.74) is 0. The molecule has 74 valence electrons. The molecular weight excluding hydrogens is 188 g/mol. The van der Waals surface area contributed by atoms with Gasteiger partial charge in [0.25, 0.3) is 0 Å². The fourth-order valence-electron chi connectivity index (χ4n) is 1.38. The molecule has 0 radical (unpaired) electrons. The minimum atomic E-state index is -0.535. The van der Waals surface area contributed by atoms with Gasteiger partial charge in [-0.05, 0) is 36.1 Å². The number of halogens is 1. The Labute approximate surface area is 83.5 Å². The van der Waals surface area contributed by atoms with Gasteiger partial charge in [-0.3, -0.25) is 0 Å². The molecule has 1 aromatic heterocycles. The lowest BCUT2D eigenvalue weighted by Gasteiger charge is -2.15. The van der Waals surface area contributed by atoms with Gasteiger partial charge in [0, 0.05) is 0 Å². The van der Waals surface area contributed by atoms with E-state index >= 15 is 0 Å². The smallest absolute Gasteiger partial charge is 0.193 e. The minimum absolute atomic E-state index is 0.215. The molecule has 13 heavy (non-hydrogen) atoms. The highest BCUT2D eigenvalue weighted by Gasteiger charge is 2.18. The van der Waals surface area contributed by atoms with Crippen LogP contribution < -0.4 is 0 Å². The van der Waals surface area contributed by atoms with Gasteiger partial charge in [-0.1, -0.05) is 20.3 Å². The van der Waals surface area contributed by atoms with E-state index in [0.29, 0.717) is 11.0 Å². The number of rotatable bonds is 4. The van der Waals surface area contributed by atoms with E-state index in [-0.39, 0.29) is 5.92 Å². The lowest BCUT2D eigenvalue weighted by atomic mass is 9.98. The van der Waals surface area contributed by atoms with E-state index in [0.717, 1.165) is 12.8 Å². The lowest BCUT2D eigenvalue weighted by molar-refractivity contribution is 0.0896. The summed E-state index contributed by atoms with van der Waals surface area (Å²) in [7, 11) is 0. The molecule has 0 amide bonds. The molecule has 1 rings (SSSR count). The third kappa shape index (κ3) is 2.75. The van der Waals surface area contributed by atoms with Gasteiger partial charge in [-0.15, -0.1) is 0 Å². The maximum absolute atomic E-state index is 9.78. The van der Waals surface area contributed by atoms with E-state index in [4.69, 9.17) is 16.0 Å². The molecule has 0 aliphatic carbocycles. The summed E-state index contributed by atoms with van der Waals surface area (Å²) in [5.74, 6) is 0.776. The molecule has 0 aromatic carbocycles. The van der Waals surface area contributed by atoms with Gasteiger partial charge in [0.1, 0.15) is 11.9 Å². The van der Waals surface area contributed by atoms with Crippen molar-refractivity contribution >= 4 is 11.6 Å². The Bertz CT molecular complexity index is 257. The van der Waals surface area contributed by atoms with Gasteiger partial charge in [-0.25, -0.2) is 0 Å². The fourth-order valence-corrected chi connectivity index (χ4v) is 1.53. The Hall–Kier alpha value is -0.470. The monoisotopic (exact) mass is 202 g/mol. The minimum Gasteiger partial charge on any atom is -0.447 e. The van der Waals surface area contributed by atoms with Gasteiger partial charge in [-0.2, -0.15) is 0 Å². The van der Waals surface area contributed by atoms with Gasteiger partial charge in [0.15, 0.2) is 5.22 Å². The fraction of sp³-hybridized carbons (Fsp3) is 0.600. The highest BCUT2D eigenvalue weighted by Crippen LogP contribution is 2.27. The molecule has 1 N–H and O–H groups in total. The zero-order chi connectivity index (χ0) is 9.84. The summed E-state index contributed by atoms with van der Waals surface area (Å²) in [6.07, 6.45) is 1.51. The van der Waals surface area contributed by atoms with Crippen molar-refractivity contribution in [1.82, 2.24) is 0 Å². The van der Waals surface area contributed by atoms with Crippen molar-refractivity contribution in [3.63, 3.8) is 0 Å². The van der Waals surface area contributed by atoms with E-state index in [1.54, 1.807) is 12.1 Å². The van der Waals surface area contributed by atoms with Crippen LogP contribution in [0.1, 0.15) is 38.6 Å². The van der Waals surface area contributed by atoms with Crippen LogP contribution in [-0.2, 0) is 0 Å². The number of hydrogen-bond acceptors (Lipinski definition) is 2. The van der Waals surface area contributed by atoms with Gasteiger partial charge in [0.2, 0.25) is 0 Å². The van der Waals surface area contributed by atoms with Crippen LogP contribution in [0.25, 0.3) is 0 Å². The SMILES string of the molecule is CCCC(C)C(O)c1ccc(Cl)o1. The van der Waals surface area contributed by atoms with Gasteiger partial charge in [0.05, 0.1) is 0 Å². The van der Waals surface area contributed by atoms with E-state index < -0.39 is 6.10 Å². The molecule has 1 aromatic rings. The van der Waals surface area contributed by atoms with Crippen molar-refractivity contribution in [3.05, 3.63) is 23.1 Å². The predicted molar refractivity (Wildman–Crippen MR) is 52.7 cm³/mol. The average Bonchev–Trinajstić information content (AvgIpc) is 2.51. The van der Waals surface area contributed by atoms with Crippen LogP contribution in [0.4, 0.5) is 0 Å². The Morgan fingerprint density at radius 1 is 1.54 bits per heavy atom. The molecule has 0 saturated heterocycles. The standard InChI is InChI=1S/C10H15ClO2/c1-3-4-7(2)10(12)8-5-6-9(11)13-8/h5-7,10,12H,3-4H2,1-2H3. The Morgan fingerprint density at radius 2 is 2.23 bits per heavy atom. The second-order valence-electron chi connectivity index (χ2n) is 3.35. The summed E-state index contributed by atoms with van der Waals surface area (Å²) >= 11 is 5.61. The Morgan fingerprint density at radius 3 is 2.69 bits per heavy atom. The molecule has 3 heteroatoms. The first kappa shape index (κ1) is 10.6. The lowest BCUT2D eigenvalue weighted by Crippen LogP contribution is -2.07. The van der Waals surface area contributed by atoms with E-state index in [9.17, 15) is 5.11 Å². The highest BCUT2D eigenvalue weighted by atomic mass is 35.5. The van der Waals surface area contributed by atoms with Crippen LogP contribution in [0, 0.1) is 5.92 Å². The van der Waals surface area contributed by atoms with Crippen molar-refractivity contribution in [2.45, 2.75) is 32.8 Å². The summed E-state index contributed by atoms with van der Waals surface area (Å²) < 4.78 is 5.13. The maximum Gasteiger partial charge on any atom is 0.193 e. The van der Waals surface area contributed by atoms with Crippen LogP contribution in [0.2, 0.25) is 5.22 Å². The van der Waals surface area contributed by atoms with Crippen LogP contribution >= 0.6 is 11.6 Å². The number of furan rings is 1. The van der Waals surface area contributed by atoms with Crippen LogP contribution in [0.15, 0.2) is 16.5 Å². The third-order valence-corrected chi connectivity index (χ3v) is 2.37. The maximum atomic E-state index is 9.78. The molecule has 2 atom stereocenters. The Kier molecular flexibility index (Phi) is 3.82. The van der Waals surface area contributed by atoms with E-state index in [2.05, 4.69) is 6.92 Å². The van der Waals surface area contributed by atoms with E-state index in [1.165, 1.54) is 0 Å². The molecule has 0 fully saturated rings. The highest BCUT2D eigenvalue weighted by molar-refractivity contribution is 6.28. The second-order valence-corrected chi connectivity index (χ2v) is 3.73. The molecule has 2 nitrogen and oxygen atoms in total. The van der Waals surface area contributed by atoms with E-state index in [1.807, 2.05) is 6.92 Å². The first-order chi connectivity index (χ1) is 6.15. The van der Waals surface area contributed by atoms with Crippen LogP contribution in [0.3, 0.4) is 0 Å². The van der Waals surface area contributed by atoms with Crippen molar-refractivity contribution in [3.8, 4) is 0 Å². The summed E-state index contributed by atoms with van der Waals surface area (Å²) in [4.78, 5) is 0. The summed E-state index contributed by atoms with van der Waals surface area (Å²) in [6, 6.07) is 3.37. The van der Waals surface area contributed by atoms with Crippen molar-refractivity contribution < 1.29 is 9.52 Å². The second kappa shape index (κ2) is 4.68. The molecule has 1 heterocycles. The molecule has 0 aliphatic heterocycles. The molecule has 2 unspecified atom stereocenters. The molecule has 0 bridgehead atoms. The van der Waals surface area contributed by atoms with Crippen LogP contribution in [0.5, 0.6) is 0 Å². The normalized spacial score (nSPS) is 15.7. The summed E-state index contributed by atoms with van der Waals surface area (Å²) in [5, 5.41) is 10.1. The van der Waals surface area contributed by atoms with Crippen LogP contribution in [-0.4, -0.2) is 5.11 Å². The predicted octanol–water partition coefficient (Wildman–Crippen LogP) is 3.40. The molecule has 0 spiro atoms. The molecule has 0 aliphatic rings. The number of aliphatic hydroxyl groups is 1. The largest absolute Gasteiger partial charge is 0.447 e. The number of aliphatic hydroxyl groups excluding tert-OH is 1. The first-order valence-corrected chi connectivity index (χ1v) is 4.96. The zero-order valence-corrected chi connectivity index (χ0v) is 8.71. The van der Waals surface area contributed by atoms with Crippen molar-refractivity contribution in [2.24, 2.45) is 5.92 Å². The van der Waals surface area contributed by atoms with Crippen molar-refractivity contribution in [1.29, 1.82) is 0 Å². The first-order valence-electron chi connectivity index (χ1n) is 4.58. The topological polar surface area (TPSA) is 33.4 Å². The van der Waals surface area contributed by atoms with Crippen molar-refractivity contribution in [2.75, 3.05) is 0 Å².